The number of aromatic nitrogens is 2. The van der Waals surface area contributed by atoms with E-state index in [1.54, 1.807) is 0 Å². The molecule has 1 aromatic rings. The van der Waals surface area contributed by atoms with Crippen molar-refractivity contribution in [3.63, 3.8) is 0 Å². The van der Waals surface area contributed by atoms with Crippen molar-refractivity contribution >= 4 is 6.20 Å². The van der Waals surface area contributed by atoms with Gasteiger partial charge in [-0.2, -0.15) is 0 Å². The van der Waals surface area contributed by atoms with E-state index in [4.69, 9.17) is 0 Å². The van der Waals surface area contributed by atoms with Crippen LogP contribution in [0.15, 0.2) is 36.9 Å². The Morgan fingerprint density at radius 2 is 2.30 bits per heavy atom. The zero-order chi connectivity index (χ0) is 7.23. The van der Waals surface area contributed by atoms with Gasteiger partial charge in [-0.3, -0.25) is 0 Å². The fraction of sp³-hybridized carbons (Fsp3) is 0.125. The molecule has 10 heavy (non-hydrogen) atoms. The van der Waals surface area contributed by atoms with Crippen molar-refractivity contribution in [1.29, 1.82) is 0 Å². The molecule has 52 valence electrons. The standard InChI is InChI=1S/C8H10N2/c1-2-3-4-6-10-7-5-9-8-10/h2-8H,1H3/p+1. The maximum atomic E-state index is 2.94. The molecule has 1 heterocycles. The van der Waals surface area contributed by atoms with Crippen LogP contribution in [-0.4, -0.2) is 4.98 Å². The van der Waals surface area contributed by atoms with E-state index in [-0.39, 0.29) is 0 Å². The van der Waals surface area contributed by atoms with Gasteiger partial charge in [0.05, 0.1) is 6.20 Å². The van der Waals surface area contributed by atoms with Crippen LogP contribution in [0.25, 0.3) is 6.20 Å². The molecule has 0 unspecified atom stereocenters. The van der Waals surface area contributed by atoms with Gasteiger partial charge >= 0.3 is 0 Å². The predicted octanol–water partition coefficient (Wildman–Crippen LogP) is 1.35. The first-order chi connectivity index (χ1) is 4.93. The second-order valence-electron chi connectivity index (χ2n) is 1.93. The van der Waals surface area contributed by atoms with E-state index < -0.39 is 0 Å². The lowest BCUT2D eigenvalue weighted by Crippen LogP contribution is -2.20. The highest BCUT2D eigenvalue weighted by Gasteiger charge is 1.84. The molecule has 0 amide bonds. The van der Waals surface area contributed by atoms with Crippen LogP contribution in [0.4, 0.5) is 0 Å². The summed E-state index contributed by atoms with van der Waals surface area (Å²) in [5, 5.41) is 0. The number of imidazole rings is 1. The summed E-state index contributed by atoms with van der Waals surface area (Å²) in [5.74, 6) is 0. The average molecular weight is 135 g/mol. The van der Waals surface area contributed by atoms with E-state index in [0.717, 1.165) is 0 Å². The minimum absolute atomic E-state index is 1.88. The Labute approximate surface area is 60.5 Å². The van der Waals surface area contributed by atoms with Crippen molar-refractivity contribution in [1.82, 2.24) is 4.98 Å². The number of aromatic amines is 1. The zero-order valence-corrected chi connectivity index (χ0v) is 5.99. The van der Waals surface area contributed by atoms with E-state index in [1.165, 1.54) is 0 Å². The highest BCUT2D eigenvalue weighted by molar-refractivity contribution is 5.15. The number of nitrogens with one attached hydrogen (secondary N) is 1. The number of hydrogen-bond donors (Lipinski definition) is 1. The molecule has 2 heteroatoms. The van der Waals surface area contributed by atoms with Crippen molar-refractivity contribution in [3.05, 3.63) is 36.9 Å². The normalized spacial score (nSPS) is 11.7. The zero-order valence-electron chi connectivity index (χ0n) is 5.99. The minimum atomic E-state index is 1.88. The highest BCUT2D eigenvalue weighted by atomic mass is 15.0. The molecule has 0 atom stereocenters. The average Bonchev–Trinajstić information content (AvgIpc) is 2.41. The van der Waals surface area contributed by atoms with Crippen molar-refractivity contribution in [2.24, 2.45) is 0 Å². The first kappa shape index (κ1) is 6.81. The van der Waals surface area contributed by atoms with Gasteiger partial charge in [0.25, 0.3) is 0 Å². The molecule has 0 aromatic carbocycles. The van der Waals surface area contributed by atoms with Crippen LogP contribution in [0.1, 0.15) is 6.92 Å². The molecule has 1 aromatic heterocycles. The van der Waals surface area contributed by atoms with Gasteiger partial charge in [-0.25, -0.2) is 9.55 Å². The molecule has 1 rings (SSSR count). The van der Waals surface area contributed by atoms with Crippen molar-refractivity contribution in [3.8, 4) is 0 Å². The molecule has 1 N–H and O–H groups in total. The number of H-pyrrole nitrogens is 1. The maximum Gasteiger partial charge on any atom is 0.246 e. The maximum absolute atomic E-state index is 2.94. The monoisotopic (exact) mass is 135 g/mol. The van der Waals surface area contributed by atoms with Gasteiger partial charge in [0.1, 0.15) is 12.4 Å². The first-order valence-electron chi connectivity index (χ1n) is 3.26. The predicted molar refractivity (Wildman–Crippen MR) is 41.1 cm³/mol. The minimum Gasteiger partial charge on any atom is -0.250 e. The Morgan fingerprint density at radius 1 is 1.40 bits per heavy atom. The third-order valence-corrected chi connectivity index (χ3v) is 1.13. The van der Waals surface area contributed by atoms with Gasteiger partial charge in [0.15, 0.2) is 0 Å². The fourth-order valence-electron chi connectivity index (χ4n) is 0.654. The summed E-state index contributed by atoms with van der Waals surface area (Å²) in [7, 11) is 0. The molecule has 0 radical (unpaired) electrons. The number of nitrogens with zero attached hydrogens (tertiary/aromatic N) is 1. The Balaban J connectivity index is 2.55. The molecule has 0 saturated carbocycles. The third kappa shape index (κ3) is 1.90. The summed E-state index contributed by atoms with van der Waals surface area (Å²) in [5.41, 5.74) is 0. The first-order valence-corrected chi connectivity index (χ1v) is 3.26. The summed E-state index contributed by atoms with van der Waals surface area (Å²) < 4.78 is 1.94. The fourth-order valence-corrected chi connectivity index (χ4v) is 0.654. The molecule has 2 nitrogen and oxygen atoms in total. The lowest BCUT2D eigenvalue weighted by Gasteiger charge is -1.76. The Hall–Kier alpha value is -1.31. The SMILES string of the molecule is CC=CC=C[n+]1cc[nH]c1. The van der Waals surface area contributed by atoms with Crippen LogP contribution in [0.3, 0.4) is 0 Å². The molecule has 0 fully saturated rings. The molecular formula is C8H11N2+. The van der Waals surface area contributed by atoms with Crippen LogP contribution >= 0.6 is 0 Å². The van der Waals surface area contributed by atoms with Crippen molar-refractivity contribution < 1.29 is 4.57 Å². The molecule has 0 spiro atoms. The van der Waals surface area contributed by atoms with Crippen molar-refractivity contribution in [2.75, 3.05) is 0 Å². The van der Waals surface area contributed by atoms with Crippen molar-refractivity contribution in [2.45, 2.75) is 6.92 Å². The van der Waals surface area contributed by atoms with Crippen LogP contribution in [-0.2, 0) is 0 Å². The van der Waals surface area contributed by atoms with Gasteiger partial charge in [-0.15, -0.1) is 0 Å². The Morgan fingerprint density at radius 3 is 2.90 bits per heavy atom. The molecule has 0 aliphatic carbocycles. The molecule has 0 bridgehead atoms. The third-order valence-electron chi connectivity index (χ3n) is 1.13. The number of hydrogen-bond acceptors (Lipinski definition) is 0. The molecule has 0 aliphatic heterocycles. The second kappa shape index (κ2) is 3.67. The smallest absolute Gasteiger partial charge is 0.246 e. The lowest BCUT2D eigenvalue weighted by molar-refractivity contribution is -0.566. The van der Waals surface area contributed by atoms with E-state index in [2.05, 4.69) is 4.98 Å². The Bertz CT molecular complexity index is 219. The molecule has 0 saturated heterocycles. The van der Waals surface area contributed by atoms with E-state index in [1.807, 2.05) is 54.6 Å². The number of rotatable bonds is 2. The van der Waals surface area contributed by atoms with Gasteiger partial charge < -0.3 is 0 Å². The quantitative estimate of drug-likeness (QED) is 0.466. The lowest BCUT2D eigenvalue weighted by atomic mass is 10.5. The van der Waals surface area contributed by atoms with Crippen LogP contribution in [0.2, 0.25) is 0 Å². The van der Waals surface area contributed by atoms with Gasteiger partial charge in [-0.05, 0) is 13.0 Å². The Kier molecular flexibility index (Phi) is 2.49. The van der Waals surface area contributed by atoms with E-state index in [9.17, 15) is 0 Å². The van der Waals surface area contributed by atoms with E-state index >= 15 is 0 Å². The summed E-state index contributed by atoms with van der Waals surface area (Å²) in [6.07, 6.45) is 13.6. The topological polar surface area (TPSA) is 19.7 Å². The van der Waals surface area contributed by atoms with E-state index in [0.29, 0.717) is 0 Å². The van der Waals surface area contributed by atoms with Gasteiger partial charge in [0, 0.05) is 0 Å². The van der Waals surface area contributed by atoms with Crippen LogP contribution < -0.4 is 4.57 Å². The summed E-state index contributed by atoms with van der Waals surface area (Å²) >= 11 is 0. The van der Waals surface area contributed by atoms with Crippen LogP contribution in [0, 0.1) is 0 Å². The van der Waals surface area contributed by atoms with Gasteiger partial charge in [0.2, 0.25) is 6.33 Å². The summed E-state index contributed by atoms with van der Waals surface area (Å²) in [4.78, 5) is 2.94. The van der Waals surface area contributed by atoms with Crippen LogP contribution in [0.5, 0.6) is 0 Å². The van der Waals surface area contributed by atoms with Gasteiger partial charge in [-0.1, -0.05) is 12.2 Å². The summed E-state index contributed by atoms with van der Waals surface area (Å²) in [6.45, 7) is 1.99. The summed E-state index contributed by atoms with van der Waals surface area (Å²) in [6, 6.07) is 0. The second-order valence-corrected chi connectivity index (χ2v) is 1.93. The molecule has 0 aliphatic rings. The highest BCUT2D eigenvalue weighted by Crippen LogP contribution is 1.75. The largest absolute Gasteiger partial charge is 0.250 e. The molecular weight excluding hydrogens is 124 g/mol. The number of allylic oxidation sites excluding steroid dienone is 3.